The highest BCUT2D eigenvalue weighted by molar-refractivity contribution is 6.23. The molecule has 0 spiro atoms. The number of fused-ring (bicyclic) bond motifs is 2. The van der Waals surface area contributed by atoms with Gasteiger partial charge in [-0.2, -0.15) is 5.26 Å². The number of benzene rings is 3. The van der Waals surface area contributed by atoms with E-state index in [-0.39, 0.29) is 36.5 Å². The normalized spacial score (nSPS) is 24.1. The van der Waals surface area contributed by atoms with Gasteiger partial charge in [0.25, 0.3) is 17.7 Å². The summed E-state index contributed by atoms with van der Waals surface area (Å²) >= 11 is 0. The molecule has 3 aromatic rings. The van der Waals surface area contributed by atoms with Crippen molar-refractivity contribution >= 4 is 35.2 Å². The minimum Gasteiger partial charge on any atom is -0.489 e. The number of hydrogen-bond acceptors (Lipinski definition) is 9. The molecule has 13 heteroatoms. The van der Waals surface area contributed by atoms with Crippen LogP contribution >= 0.6 is 0 Å². The van der Waals surface area contributed by atoms with Crippen molar-refractivity contribution in [3.05, 3.63) is 93.3 Å². The summed E-state index contributed by atoms with van der Waals surface area (Å²) in [5.74, 6) is -1.74. The van der Waals surface area contributed by atoms with Gasteiger partial charge in [-0.1, -0.05) is 27.7 Å². The van der Waals surface area contributed by atoms with Crippen molar-refractivity contribution in [3.63, 3.8) is 0 Å². The summed E-state index contributed by atoms with van der Waals surface area (Å²) in [4.78, 5) is 69.5. The molecule has 1 atom stereocenters. The molecule has 5 amide bonds. The van der Waals surface area contributed by atoms with Gasteiger partial charge in [0.1, 0.15) is 23.7 Å². The lowest BCUT2D eigenvalue weighted by Gasteiger charge is -2.63. The number of hydrogen-bond donors (Lipinski definition) is 2. The molecule has 8 rings (SSSR count). The van der Waals surface area contributed by atoms with Crippen LogP contribution in [0.5, 0.6) is 5.75 Å². The van der Waals surface area contributed by atoms with Gasteiger partial charge in [-0.15, -0.1) is 0 Å². The van der Waals surface area contributed by atoms with Gasteiger partial charge in [-0.3, -0.25) is 39.1 Å². The first kappa shape index (κ1) is 38.3. The minimum atomic E-state index is -0.988. The fourth-order valence-corrected chi connectivity index (χ4v) is 10.2. The summed E-state index contributed by atoms with van der Waals surface area (Å²) in [7, 11) is 0. The van der Waals surface area contributed by atoms with Crippen LogP contribution in [-0.2, 0) is 22.7 Å². The Morgan fingerprint density at radius 1 is 0.930 bits per heavy atom. The second kappa shape index (κ2) is 14.1. The number of anilines is 1. The van der Waals surface area contributed by atoms with Crippen LogP contribution in [0.3, 0.4) is 0 Å². The van der Waals surface area contributed by atoms with Gasteiger partial charge >= 0.3 is 0 Å². The Bertz CT molecular complexity index is 2210. The molecule has 1 unspecified atom stereocenters. The number of halogens is 1. The van der Waals surface area contributed by atoms with Crippen molar-refractivity contribution in [1.29, 1.82) is 5.26 Å². The summed E-state index contributed by atoms with van der Waals surface area (Å²) < 4.78 is 22.1. The first-order chi connectivity index (χ1) is 27.1. The highest BCUT2D eigenvalue weighted by Crippen LogP contribution is 2.55. The molecule has 4 heterocycles. The zero-order valence-corrected chi connectivity index (χ0v) is 32.9. The lowest BCUT2D eigenvalue weighted by molar-refractivity contribution is -0.164. The molecule has 2 saturated heterocycles. The summed E-state index contributed by atoms with van der Waals surface area (Å²) in [6.07, 6.45) is 1.71. The maximum Gasteiger partial charge on any atom is 0.262 e. The number of carbonyl (C=O) groups is 5. The zero-order chi connectivity index (χ0) is 40.6. The average Bonchev–Trinajstić information content (AvgIpc) is 3.67. The number of imide groups is 2. The number of nitrogens with zero attached hydrogens (tertiary/aromatic N) is 4. The van der Waals surface area contributed by atoms with Crippen molar-refractivity contribution < 1.29 is 33.1 Å². The molecule has 2 N–H and O–H groups in total. The first-order valence-corrected chi connectivity index (χ1v) is 19.7. The summed E-state index contributed by atoms with van der Waals surface area (Å²) in [6.45, 7) is 13.5. The molecule has 4 aliphatic heterocycles. The molecule has 0 radical (unpaired) electrons. The summed E-state index contributed by atoms with van der Waals surface area (Å²) in [6, 6.07) is 14.6. The Morgan fingerprint density at radius 3 is 2.16 bits per heavy atom. The molecule has 0 aromatic heterocycles. The maximum absolute atomic E-state index is 15.7. The van der Waals surface area contributed by atoms with Gasteiger partial charge in [0.15, 0.2) is 0 Å². The van der Waals surface area contributed by atoms with Crippen molar-refractivity contribution in [2.24, 2.45) is 16.7 Å². The van der Waals surface area contributed by atoms with Gasteiger partial charge in [0, 0.05) is 61.6 Å². The van der Waals surface area contributed by atoms with Gasteiger partial charge < -0.3 is 15.0 Å². The lowest BCUT2D eigenvalue weighted by atomic mass is 9.49. The molecule has 57 heavy (non-hydrogen) atoms. The minimum absolute atomic E-state index is 0.0773. The highest BCUT2D eigenvalue weighted by Gasteiger charge is 2.64. The molecular weight excluding hydrogens is 728 g/mol. The molecule has 3 aromatic carbocycles. The average molecular weight is 775 g/mol. The fraction of sp³-hybridized carbons (Fsp3) is 0.455. The SMILES string of the molecule is Cc1cc(O[C@H]2C(C)(C)[C@H](NC(=O)c3ccc(N4CCC(CN5Cc6cc7c(cc6C5)C(=O)N(C5CCC(=O)NC5=O)C7=O)CC4)c(F)c3)C2(C)C)ccc1C#N. The molecular formula is C44H47FN6O6. The Kier molecular flexibility index (Phi) is 9.46. The quantitative estimate of drug-likeness (QED) is 0.293. The van der Waals surface area contributed by atoms with Crippen LogP contribution in [-0.4, -0.2) is 77.2 Å². The summed E-state index contributed by atoms with van der Waals surface area (Å²) in [5.41, 5.74) is 3.92. The predicted octanol–water partition coefficient (Wildman–Crippen LogP) is 5.25. The standard InChI is InChI=1S/C44H47FN6O6/c1-24-16-30(8-6-27(24)20-46)57-42-43(2,3)41(44(42,4)5)48-37(53)26-7-9-34(33(45)19-26)50-14-12-25(13-15-50)21-49-22-28-17-31-32(18-29(28)23-49)40(56)51(39(31)55)35-10-11-36(52)47-38(35)54/h6-9,16-19,25,35,41-42H,10-15,21-23H2,1-5H3,(H,48,53)(H,47,52,54)/t35?,41-,42-. The number of nitriles is 1. The maximum atomic E-state index is 15.7. The van der Waals surface area contributed by atoms with Crippen LogP contribution in [0.2, 0.25) is 0 Å². The number of aryl methyl sites for hydroxylation is 1. The molecule has 1 aliphatic carbocycles. The topological polar surface area (TPSA) is 152 Å². The molecule has 5 aliphatic rings. The van der Waals surface area contributed by atoms with Crippen LogP contribution < -0.4 is 20.3 Å². The van der Waals surface area contributed by atoms with Crippen molar-refractivity contribution in [2.75, 3.05) is 24.5 Å². The van der Waals surface area contributed by atoms with Gasteiger partial charge in [-0.25, -0.2) is 4.39 Å². The van der Waals surface area contributed by atoms with Crippen molar-refractivity contribution in [2.45, 2.75) is 91.6 Å². The van der Waals surface area contributed by atoms with Crippen molar-refractivity contribution in [3.8, 4) is 11.8 Å². The van der Waals surface area contributed by atoms with E-state index >= 15 is 4.39 Å². The third-order valence-corrected chi connectivity index (χ3v) is 12.9. The van der Waals surface area contributed by atoms with Crippen LogP contribution in [0.4, 0.5) is 10.1 Å². The smallest absolute Gasteiger partial charge is 0.262 e. The van der Waals surface area contributed by atoms with E-state index in [0.717, 1.165) is 41.0 Å². The molecule has 12 nitrogen and oxygen atoms in total. The number of carbonyl (C=O) groups excluding carboxylic acids is 5. The molecule has 0 bridgehead atoms. The van der Waals surface area contributed by atoms with E-state index in [1.807, 2.05) is 17.9 Å². The number of amides is 5. The number of ether oxygens (including phenoxy) is 1. The van der Waals surface area contributed by atoms with Crippen LogP contribution in [0.1, 0.15) is 107 Å². The molecule has 296 valence electrons. The van der Waals surface area contributed by atoms with Gasteiger partial charge in [0.05, 0.1) is 28.4 Å². The second-order valence-electron chi connectivity index (χ2n) is 17.5. The Hall–Kier alpha value is -5.61. The second-order valence-corrected chi connectivity index (χ2v) is 17.5. The molecule has 3 fully saturated rings. The van der Waals surface area contributed by atoms with E-state index < -0.39 is 46.3 Å². The largest absolute Gasteiger partial charge is 0.489 e. The van der Waals surface area contributed by atoms with Gasteiger partial charge in [-0.05, 0) is 97.3 Å². The molecule has 1 saturated carbocycles. The number of piperidine rings is 2. The van der Waals surface area contributed by atoms with E-state index in [1.165, 1.54) is 6.07 Å². The Labute approximate surface area is 331 Å². The number of rotatable bonds is 8. The fourth-order valence-electron chi connectivity index (χ4n) is 10.2. The zero-order valence-electron chi connectivity index (χ0n) is 32.9. The van der Waals surface area contributed by atoms with E-state index in [9.17, 15) is 29.2 Å². The summed E-state index contributed by atoms with van der Waals surface area (Å²) in [5, 5.41) is 14.7. The van der Waals surface area contributed by atoms with Crippen molar-refractivity contribution in [1.82, 2.24) is 20.4 Å². The highest BCUT2D eigenvalue weighted by atomic mass is 19.1. The third-order valence-electron chi connectivity index (χ3n) is 12.9. The Morgan fingerprint density at radius 2 is 1.58 bits per heavy atom. The van der Waals surface area contributed by atoms with Crippen LogP contribution in [0.15, 0.2) is 48.5 Å². The van der Waals surface area contributed by atoms with E-state index in [0.29, 0.717) is 60.2 Å². The third kappa shape index (κ3) is 6.63. The first-order valence-electron chi connectivity index (χ1n) is 19.7. The Balaban J connectivity index is 0.838. The lowest BCUT2D eigenvalue weighted by Crippen LogP contribution is -2.74. The predicted molar refractivity (Wildman–Crippen MR) is 208 cm³/mol. The van der Waals surface area contributed by atoms with Crippen LogP contribution in [0, 0.1) is 40.8 Å². The van der Waals surface area contributed by atoms with E-state index in [1.54, 1.807) is 36.4 Å². The van der Waals surface area contributed by atoms with E-state index in [4.69, 9.17) is 4.74 Å². The monoisotopic (exact) mass is 774 g/mol. The number of nitrogens with one attached hydrogen (secondary N) is 2. The van der Waals surface area contributed by atoms with Gasteiger partial charge in [0.2, 0.25) is 11.8 Å². The van der Waals surface area contributed by atoms with E-state index in [2.05, 4.69) is 49.3 Å². The van der Waals surface area contributed by atoms with Crippen LogP contribution in [0.25, 0.3) is 0 Å².